The molecule has 1 fully saturated rings. The van der Waals surface area contributed by atoms with Crippen LogP contribution < -0.4 is 19.5 Å². The zero-order valence-electron chi connectivity index (χ0n) is 35.8. The highest BCUT2D eigenvalue weighted by molar-refractivity contribution is 6.31. The first-order valence-corrected chi connectivity index (χ1v) is 20.5. The van der Waals surface area contributed by atoms with E-state index in [1.807, 2.05) is 0 Å². The number of aromatic hydroxyl groups is 2. The SMILES string of the molecule is C#CCNC(=O)CCCOc1cc([N+](=O)[O-])c(C(C)OC(=O)CC2C[C@@H](OC3C[C@@](O)(C(=O)CO)Cc4c(O)c5c(c(O)c43)C(=O)c3c(OC)cccc3C5=O)O[C@H](C)[C@@H]2O)cc1OC. The number of ether oxygens (including phenoxy) is 6. The summed E-state index contributed by atoms with van der Waals surface area (Å²) in [4.78, 5) is 77.7. The average molecular weight is 905 g/mol. The van der Waals surface area contributed by atoms with Crippen LogP contribution in [0.15, 0.2) is 30.3 Å². The van der Waals surface area contributed by atoms with Crippen molar-refractivity contribution in [1.82, 2.24) is 5.32 Å². The number of aliphatic hydroxyl groups is 3. The quantitative estimate of drug-likeness (QED) is 0.0222. The Balaban J connectivity index is 1.22. The van der Waals surface area contributed by atoms with Crippen LogP contribution in [0.4, 0.5) is 5.69 Å². The molecule has 2 aliphatic carbocycles. The van der Waals surface area contributed by atoms with Crippen LogP contribution in [0.5, 0.6) is 28.7 Å². The number of nitro benzene ring substituents is 1. The summed E-state index contributed by atoms with van der Waals surface area (Å²) < 4.78 is 34.2. The van der Waals surface area contributed by atoms with Crippen molar-refractivity contribution in [3.63, 3.8) is 0 Å². The van der Waals surface area contributed by atoms with Gasteiger partial charge < -0.3 is 59.3 Å². The second-order valence-electron chi connectivity index (χ2n) is 15.8. The van der Waals surface area contributed by atoms with Gasteiger partial charge in [0.25, 0.3) is 5.69 Å². The van der Waals surface area contributed by atoms with Crippen LogP contribution in [0.25, 0.3) is 0 Å². The first-order valence-electron chi connectivity index (χ1n) is 20.5. The number of nitrogens with one attached hydrogen (secondary N) is 1. The molecule has 7 atom stereocenters. The lowest BCUT2D eigenvalue weighted by atomic mass is 9.72. The number of hydrogen-bond acceptors (Lipinski definition) is 18. The Morgan fingerprint density at radius 3 is 2.43 bits per heavy atom. The standard InChI is InChI=1S/C45H48N2O18/c1-6-12-46-33(50)11-8-13-62-30-17-27(47(58)59)25(16-29(30)61-5)21(2)63-34(51)14-23-15-35(64-22(3)40(23)52)65-31-19-45(57,32(49)20-48)18-26-37(31)44(56)39-38(42(26)54)41(53)24-9-7-10-28(60-4)36(24)43(39)55/h1,7,9-10,16-17,21-23,31,35,40,48,52,54,56-57H,8,11-15,18-20H2,2-5H3,(H,46,50)/t21?,22-,23?,31?,35-,40+,45-/m1/s1. The lowest BCUT2D eigenvalue weighted by Gasteiger charge is -2.42. The number of esters is 1. The predicted molar refractivity (Wildman–Crippen MR) is 223 cm³/mol. The van der Waals surface area contributed by atoms with Crippen LogP contribution in [0, 0.1) is 28.4 Å². The van der Waals surface area contributed by atoms with Gasteiger partial charge in [0.15, 0.2) is 29.4 Å². The summed E-state index contributed by atoms with van der Waals surface area (Å²) in [6.45, 7) is 1.81. The minimum absolute atomic E-state index is 0.00327. The molecule has 3 aromatic rings. The third-order valence-electron chi connectivity index (χ3n) is 11.8. The number of Topliss-reactive ketones (excluding diaryl/α,β-unsaturated/α-hetero) is 1. The molecular formula is C45H48N2O18. The molecule has 65 heavy (non-hydrogen) atoms. The van der Waals surface area contributed by atoms with Gasteiger partial charge in [-0.25, -0.2) is 0 Å². The topological polar surface area (TPSA) is 297 Å². The minimum atomic E-state index is -2.41. The fourth-order valence-electron chi connectivity index (χ4n) is 8.51. The van der Waals surface area contributed by atoms with Gasteiger partial charge in [-0.15, -0.1) is 6.42 Å². The Labute approximate surface area is 371 Å². The number of benzene rings is 3. The van der Waals surface area contributed by atoms with E-state index in [-0.39, 0.29) is 83.4 Å². The number of phenols is 2. The van der Waals surface area contributed by atoms with Gasteiger partial charge in [0, 0.05) is 48.3 Å². The molecule has 6 rings (SSSR count). The number of nitrogens with zero attached hydrogens (tertiary/aromatic N) is 1. The van der Waals surface area contributed by atoms with Crippen LogP contribution in [0.2, 0.25) is 0 Å². The molecule has 3 aliphatic rings. The first-order chi connectivity index (χ1) is 30.9. The summed E-state index contributed by atoms with van der Waals surface area (Å²) in [5.41, 5.74) is -4.92. The fourth-order valence-corrected chi connectivity index (χ4v) is 8.51. The van der Waals surface area contributed by atoms with Gasteiger partial charge in [0.05, 0.1) is 85.3 Å². The highest BCUT2D eigenvalue weighted by Crippen LogP contribution is 2.53. The molecule has 0 aromatic heterocycles. The van der Waals surface area contributed by atoms with Crippen molar-refractivity contribution in [1.29, 1.82) is 0 Å². The Bertz CT molecular complexity index is 2460. The summed E-state index contributed by atoms with van der Waals surface area (Å²) in [5.74, 6) is -4.12. The summed E-state index contributed by atoms with van der Waals surface area (Å²) in [5, 5.41) is 70.8. The Hall–Kier alpha value is -6.63. The Morgan fingerprint density at radius 1 is 1.06 bits per heavy atom. The monoisotopic (exact) mass is 904 g/mol. The molecule has 1 saturated heterocycles. The maximum Gasteiger partial charge on any atom is 0.306 e. The van der Waals surface area contributed by atoms with Crippen molar-refractivity contribution >= 4 is 34.9 Å². The van der Waals surface area contributed by atoms with Crippen molar-refractivity contribution in [2.24, 2.45) is 5.92 Å². The normalized spacial score (nSPS) is 22.6. The maximum atomic E-state index is 14.0. The lowest BCUT2D eigenvalue weighted by Crippen LogP contribution is -2.49. The Kier molecular flexibility index (Phi) is 14.4. The molecule has 20 nitrogen and oxygen atoms in total. The summed E-state index contributed by atoms with van der Waals surface area (Å²) in [6.07, 6.45) is -2.99. The number of hydrogen-bond donors (Lipinski definition) is 6. The van der Waals surface area contributed by atoms with Gasteiger partial charge >= 0.3 is 5.97 Å². The fraction of sp³-hybridized carbons (Fsp3) is 0.444. The molecule has 0 saturated carbocycles. The van der Waals surface area contributed by atoms with E-state index in [0.29, 0.717) is 0 Å². The van der Waals surface area contributed by atoms with E-state index in [0.717, 1.165) is 6.07 Å². The molecule has 0 radical (unpaired) electrons. The largest absolute Gasteiger partial charge is 0.507 e. The number of terminal acetylenes is 1. The first kappa shape index (κ1) is 47.8. The number of ketones is 3. The van der Waals surface area contributed by atoms with E-state index in [1.165, 1.54) is 52.3 Å². The number of carbonyl (C=O) groups excluding carboxylic acids is 5. The summed E-state index contributed by atoms with van der Waals surface area (Å²) >= 11 is 0. The molecule has 3 aromatic carbocycles. The number of rotatable bonds is 17. The lowest BCUT2D eigenvalue weighted by molar-refractivity contribution is -0.386. The van der Waals surface area contributed by atoms with E-state index < -0.39 is 125 Å². The van der Waals surface area contributed by atoms with Crippen LogP contribution in [0.3, 0.4) is 0 Å². The van der Waals surface area contributed by atoms with E-state index in [4.69, 9.17) is 34.8 Å². The third-order valence-corrected chi connectivity index (χ3v) is 11.8. The number of fused-ring (bicyclic) bond motifs is 3. The molecule has 3 unspecified atom stereocenters. The molecule has 1 heterocycles. The van der Waals surface area contributed by atoms with E-state index in [1.54, 1.807) is 0 Å². The number of aliphatic hydroxyl groups excluding tert-OH is 2. The van der Waals surface area contributed by atoms with Gasteiger partial charge in [-0.3, -0.25) is 34.1 Å². The molecule has 1 aliphatic heterocycles. The van der Waals surface area contributed by atoms with Crippen LogP contribution in [-0.2, 0) is 35.0 Å². The van der Waals surface area contributed by atoms with Crippen molar-refractivity contribution < 1.29 is 82.8 Å². The van der Waals surface area contributed by atoms with Crippen LogP contribution in [-0.4, -0.2) is 118 Å². The van der Waals surface area contributed by atoms with Gasteiger partial charge in [0.2, 0.25) is 11.7 Å². The van der Waals surface area contributed by atoms with Crippen molar-refractivity contribution in [3.05, 3.63) is 79.4 Å². The summed E-state index contributed by atoms with van der Waals surface area (Å²) in [7, 11) is 2.59. The third kappa shape index (κ3) is 9.46. The molecule has 0 spiro atoms. The van der Waals surface area contributed by atoms with Crippen molar-refractivity contribution in [2.45, 2.75) is 88.7 Å². The second kappa shape index (κ2) is 19.6. The second-order valence-corrected chi connectivity index (χ2v) is 15.8. The zero-order chi connectivity index (χ0) is 47.5. The highest BCUT2D eigenvalue weighted by atomic mass is 16.7. The molecule has 1 amide bonds. The van der Waals surface area contributed by atoms with Gasteiger partial charge in [0.1, 0.15) is 35.6 Å². The molecule has 0 bridgehead atoms. The van der Waals surface area contributed by atoms with Crippen molar-refractivity contribution in [2.75, 3.05) is 34.0 Å². The average Bonchev–Trinajstić information content (AvgIpc) is 3.27. The minimum Gasteiger partial charge on any atom is -0.507 e. The maximum absolute atomic E-state index is 14.0. The number of nitro groups is 1. The molecular weight excluding hydrogens is 856 g/mol. The van der Waals surface area contributed by atoms with Crippen molar-refractivity contribution in [3.8, 4) is 41.1 Å². The zero-order valence-corrected chi connectivity index (χ0v) is 35.8. The van der Waals surface area contributed by atoms with Gasteiger partial charge in [-0.2, -0.15) is 0 Å². The van der Waals surface area contributed by atoms with E-state index in [2.05, 4.69) is 11.2 Å². The van der Waals surface area contributed by atoms with Gasteiger partial charge in [-0.05, 0) is 32.4 Å². The number of amides is 1. The Morgan fingerprint density at radius 2 is 1.77 bits per heavy atom. The number of carbonyl (C=O) groups is 5. The van der Waals surface area contributed by atoms with Crippen LogP contribution >= 0.6 is 0 Å². The van der Waals surface area contributed by atoms with Gasteiger partial charge in [-0.1, -0.05) is 18.1 Å². The number of phenolic OH excluding ortho intramolecular Hbond substituents is 2. The van der Waals surface area contributed by atoms with E-state index in [9.17, 15) is 59.6 Å². The van der Waals surface area contributed by atoms with Crippen LogP contribution in [0.1, 0.15) is 107 Å². The van der Waals surface area contributed by atoms with E-state index >= 15 is 0 Å². The smallest absolute Gasteiger partial charge is 0.306 e. The predicted octanol–water partition coefficient (Wildman–Crippen LogP) is 2.81. The molecule has 20 heteroatoms. The summed E-state index contributed by atoms with van der Waals surface area (Å²) in [6, 6.07) is 6.63. The molecule has 346 valence electrons. The number of methoxy groups -OCH3 is 2. The highest BCUT2D eigenvalue weighted by Gasteiger charge is 2.50. The molecule has 6 N–H and O–H groups in total.